The van der Waals surface area contributed by atoms with Crippen LogP contribution in [-0.2, 0) is 6.61 Å². The van der Waals surface area contributed by atoms with Gasteiger partial charge in [0, 0.05) is 10.7 Å². The summed E-state index contributed by atoms with van der Waals surface area (Å²) in [5.74, 6) is 0.733. The van der Waals surface area contributed by atoms with Crippen molar-refractivity contribution in [1.29, 1.82) is 0 Å². The SMILES string of the molecule is Cc1ccc(NC(=O)Nc2nnc(COc3ccc(Cl)cc3C)s2)cc1C. The Bertz CT molecular complexity index is 974. The highest BCUT2D eigenvalue weighted by Gasteiger charge is 2.10. The molecule has 0 spiro atoms. The normalized spacial score (nSPS) is 10.5. The molecule has 1 aromatic heterocycles. The second-order valence-corrected chi connectivity index (χ2v) is 7.58. The Balaban J connectivity index is 1.55. The van der Waals surface area contributed by atoms with E-state index >= 15 is 0 Å². The molecular weight excluding hydrogens is 384 g/mol. The summed E-state index contributed by atoms with van der Waals surface area (Å²) in [7, 11) is 0. The Kier molecular flexibility index (Phi) is 5.93. The van der Waals surface area contributed by atoms with Crippen molar-refractivity contribution in [2.24, 2.45) is 0 Å². The van der Waals surface area contributed by atoms with E-state index in [0.717, 1.165) is 22.6 Å². The zero-order valence-corrected chi connectivity index (χ0v) is 16.7. The number of carbonyl (C=O) groups is 1. The molecule has 3 rings (SSSR count). The summed E-state index contributed by atoms with van der Waals surface area (Å²) in [5, 5.41) is 15.2. The van der Waals surface area contributed by atoms with Gasteiger partial charge < -0.3 is 10.1 Å². The van der Waals surface area contributed by atoms with Crippen molar-refractivity contribution >= 4 is 39.8 Å². The van der Waals surface area contributed by atoms with E-state index in [9.17, 15) is 4.79 Å². The Morgan fingerprint density at radius 1 is 1.04 bits per heavy atom. The second kappa shape index (κ2) is 8.37. The minimum absolute atomic E-state index is 0.264. The number of urea groups is 1. The third-order valence-electron chi connectivity index (χ3n) is 3.94. The van der Waals surface area contributed by atoms with E-state index in [1.165, 1.54) is 16.9 Å². The molecule has 0 atom stereocenters. The van der Waals surface area contributed by atoms with E-state index in [2.05, 4.69) is 20.8 Å². The van der Waals surface area contributed by atoms with Gasteiger partial charge in [0.15, 0.2) is 5.01 Å². The monoisotopic (exact) mass is 402 g/mol. The number of rotatable bonds is 5. The van der Waals surface area contributed by atoms with Gasteiger partial charge in [0.2, 0.25) is 5.13 Å². The van der Waals surface area contributed by atoms with Crippen LogP contribution < -0.4 is 15.4 Å². The largest absolute Gasteiger partial charge is 0.486 e. The van der Waals surface area contributed by atoms with Crippen LogP contribution in [0.25, 0.3) is 0 Å². The molecule has 2 amide bonds. The van der Waals surface area contributed by atoms with Crippen molar-refractivity contribution in [1.82, 2.24) is 10.2 Å². The van der Waals surface area contributed by atoms with Gasteiger partial charge in [0.05, 0.1) is 0 Å². The van der Waals surface area contributed by atoms with Gasteiger partial charge >= 0.3 is 6.03 Å². The summed E-state index contributed by atoms with van der Waals surface area (Å²) in [5.41, 5.74) is 3.95. The summed E-state index contributed by atoms with van der Waals surface area (Å²) >= 11 is 7.20. The third-order valence-corrected chi connectivity index (χ3v) is 4.99. The number of nitrogens with one attached hydrogen (secondary N) is 2. The summed E-state index contributed by atoms with van der Waals surface area (Å²) in [4.78, 5) is 12.1. The average Bonchev–Trinajstić information content (AvgIpc) is 3.04. The van der Waals surface area contributed by atoms with Crippen LogP contribution in [-0.4, -0.2) is 16.2 Å². The van der Waals surface area contributed by atoms with Crippen LogP contribution in [0.3, 0.4) is 0 Å². The van der Waals surface area contributed by atoms with Gasteiger partial charge in [-0.2, -0.15) is 0 Å². The van der Waals surface area contributed by atoms with E-state index in [-0.39, 0.29) is 12.6 Å². The average molecular weight is 403 g/mol. The molecule has 3 aromatic rings. The van der Waals surface area contributed by atoms with E-state index in [0.29, 0.717) is 15.2 Å². The molecule has 2 N–H and O–H groups in total. The minimum Gasteiger partial charge on any atom is -0.486 e. The van der Waals surface area contributed by atoms with E-state index < -0.39 is 0 Å². The predicted octanol–water partition coefficient (Wildman–Crippen LogP) is 5.34. The van der Waals surface area contributed by atoms with Crippen molar-refractivity contribution in [3.63, 3.8) is 0 Å². The molecule has 8 heteroatoms. The summed E-state index contributed by atoms with van der Waals surface area (Å²) in [6.07, 6.45) is 0. The van der Waals surface area contributed by atoms with Gasteiger partial charge in [0.25, 0.3) is 0 Å². The lowest BCUT2D eigenvalue weighted by Crippen LogP contribution is -2.19. The van der Waals surface area contributed by atoms with E-state index in [1.54, 1.807) is 6.07 Å². The Morgan fingerprint density at radius 3 is 2.59 bits per heavy atom. The van der Waals surface area contributed by atoms with Crippen LogP contribution >= 0.6 is 22.9 Å². The number of aromatic nitrogens is 2. The van der Waals surface area contributed by atoms with Gasteiger partial charge in [-0.3, -0.25) is 5.32 Å². The Morgan fingerprint density at radius 2 is 1.85 bits per heavy atom. The highest BCUT2D eigenvalue weighted by atomic mass is 35.5. The lowest BCUT2D eigenvalue weighted by Gasteiger charge is -2.07. The third kappa shape index (κ3) is 5.18. The van der Waals surface area contributed by atoms with Crippen LogP contribution in [0.2, 0.25) is 5.02 Å². The van der Waals surface area contributed by atoms with Gasteiger partial charge in [0.1, 0.15) is 12.4 Å². The zero-order valence-electron chi connectivity index (χ0n) is 15.2. The van der Waals surface area contributed by atoms with Gasteiger partial charge in [-0.15, -0.1) is 10.2 Å². The van der Waals surface area contributed by atoms with Crippen LogP contribution in [0.5, 0.6) is 5.75 Å². The number of aryl methyl sites for hydroxylation is 3. The molecule has 0 aliphatic rings. The molecule has 0 saturated carbocycles. The van der Waals surface area contributed by atoms with Gasteiger partial charge in [-0.1, -0.05) is 29.0 Å². The molecule has 0 unspecified atom stereocenters. The first kappa shape index (κ1) is 19.1. The highest BCUT2D eigenvalue weighted by molar-refractivity contribution is 7.15. The number of hydrogen-bond donors (Lipinski definition) is 2. The molecule has 6 nitrogen and oxygen atoms in total. The predicted molar refractivity (Wildman–Crippen MR) is 109 cm³/mol. The first-order valence-corrected chi connectivity index (χ1v) is 9.47. The fraction of sp³-hybridized carbons (Fsp3) is 0.211. The summed E-state index contributed by atoms with van der Waals surface area (Å²) in [6, 6.07) is 10.8. The van der Waals surface area contributed by atoms with Crippen molar-refractivity contribution in [2.75, 3.05) is 10.6 Å². The van der Waals surface area contributed by atoms with Gasteiger partial charge in [-0.25, -0.2) is 4.79 Å². The van der Waals surface area contributed by atoms with Crippen molar-refractivity contribution in [3.8, 4) is 5.75 Å². The van der Waals surface area contributed by atoms with Crippen LogP contribution in [0.1, 0.15) is 21.7 Å². The molecule has 1 heterocycles. The lowest BCUT2D eigenvalue weighted by molar-refractivity contribution is 0.262. The molecule has 27 heavy (non-hydrogen) atoms. The lowest BCUT2D eigenvalue weighted by atomic mass is 10.1. The Labute approximate surface area is 166 Å². The maximum atomic E-state index is 12.1. The number of hydrogen-bond acceptors (Lipinski definition) is 5. The molecule has 0 saturated heterocycles. The number of benzene rings is 2. The van der Waals surface area contributed by atoms with Crippen molar-refractivity contribution < 1.29 is 9.53 Å². The standard InChI is InChI=1S/C19H19ClN4O2S/c1-11-4-6-15(9-12(11)2)21-18(25)22-19-24-23-17(27-19)10-26-16-7-5-14(20)8-13(16)3/h4-9H,10H2,1-3H3,(H2,21,22,24,25). The number of halogens is 1. The number of nitrogens with zero attached hydrogens (tertiary/aromatic N) is 2. The summed E-state index contributed by atoms with van der Waals surface area (Å²) in [6.45, 7) is 6.21. The fourth-order valence-electron chi connectivity index (χ4n) is 2.36. The summed E-state index contributed by atoms with van der Waals surface area (Å²) < 4.78 is 5.74. The molecule has 0 aliphatic carbocycles. The molecule has 0 aliphatic heterocycles. The van der Waals surface area contributed by atoms with E-state index in [4.69, 9.17) is 16.3 Å². The Hall–Kier alpha value is -2.64. The molecular formula is C19H19ClN4O2S. The highest BCUT2D eigenvalue weighted by Crippen LogP contribution is 2.24. The van der Waals surface area contributed by atoms with Crippen LogP contribution in [0.15, 0.2) is 36.4 Å². The number of amides is 2. The van der Waals surface area contributed by atoms with Gasteiger partial charge in [-0.05, 0) is 67.8 Å². The van der Waals surface area contributed by atoms with Crippen LogP contribution in [0.4, 0.5) is 15.6 Å². The molecule has 0 bridgehead atoms. The molecule has 2 aromatic carbocycles. The first-order valence-electron chi connectivity index (χ1n) is 8.27. The quantitative estimate of drug-likeness (QED) is 0.603. The maximum absolute atomic E-state index is 12.1. The van der Waals surface area contributed by atoms with E-state index in [1.807, 2.05) is 51.1 Å². The number of carbonyl (C=O) groups excluding carboxylic acids is 1. The minimum atomic E-state index is -0.365. The topological polar surface area (TPSA) is 76.1 Å². The number of ether oxygens (including phenoxy) is 1. The molecule has 140 valence electrons. The maximum Gasteiger partial charge on any atom is 0.325 e. The molecule has 0 fully saturated rings. The number of anilines is 2. The van der Waals surface area contributed by atoms with Crippen molar-refractivity contribution in [3.05, 3.63) is 63.1 Å². The zero-order chi connectivity index (χ0) is 19.4. The molecule has 0 radical (unpaired) electrons. The van der Waals surface area contributed by atoms with Crippen molar-refractivity contribution in [2.45, 2.75) is 27.4 Å². The smallest absolute Gasteiger partial charge is 0.325 e. The van der Waals surface area contributed by atoms with Crippen LogP contribution in [0, 0.1) is 20.8 Å². The first-order chi connectivity index (χ1) is 12.9. The second-order valence-electron chi connectivity index (χ2n) is 6.08. The fourth-order valence-corrected chi connectivity index (χ4v) is 3.23.